The van der Waals surface area contributed by atoms with Crippen LogP contribution < -0.4 is 10.6 Å². The number of anilines is 2. The Labute approximate surface area is 112 Å². The highest BCUT2D eigenvalue weighted by molar-refractivity contribution is 5.48. The number of methoxy groups -OCH3 is 1. The third kappa shape index (κ3) is 4.63. The smallest absolute Gasteiger partial charge is 0.168 e. The lowest BCUT2D eigenvalue weighted by molar-refractivity contribution is 0.182. The summed E-state index contributed by atoms with van der Waals surface area (Å²) in [5.41, 5.74) is 0. The molecule has 4 nitrogen and oxygen atoms in total. The standard InChI is InChI=1S/C13H21F2N3O/c1-4-6-9(8-19-3)17-13-11(15)7-10(14)12(18-13)16-5-2/h7,9H,4-6,8H2,1-3H3,(H2,16,17,18). The summed E-state index contributed by atoms with van der Waals surface area (Å²) in [6, 6.07) is 0.792. The molecule has 0 bridgehead atoms. The van der Waals surface area contributed by atoms with E-state index in [1.165, 1.54) is 0 Å². The maximum Gasteiger partial charge on any atom is 0.168 e. The van der Waals surface area contributed by atoms with Crippen LogP contribution in [0.2, 0.25) is 0 Å². The number of nitrogens with one attached hydrogen (secondary N) is 2. The Kier molecular flexibility index (Phi) is 6.49. The molecular weight excluding hydrogens is 252 g/mol. The van der Waals surface area contributed by atoms with Gasteiger partial charge in [0.1, 0.15) is 0 Å². The Morgan fingerprint density at radius 1 is 1.26 bits per heavy atom. The molecular formula is C13H21F2N3O. The van der Waals surface area contributed by atoms with Gasteiger partial charge in [0.25, 0.3) is 0 Å². The van der Waals surface area contributed by atoms with Gasteiger partial charge in [0.15, 0.2) is 23.3 Å². The van der Waals surface area contributed by atoms with Gasteiger partial charge in [0.2, 0.25) is 0 Å². The van der Waals surface area contributed by atoms with Crippen molar-refractivity contribution in [2.75, 3.05) is 30.9 Å². The predicted molar refractivity (Wildman–Crippen MR) is 72.5 cm³/mol. The Morgan fingerprint density at radius 2 is 1.95 bits per heavy atom. The van der Waals surface area contributed by atoms with Crippen molar-refractivity contribution in [3.8, 4) is 0 Å². The first kappa shape index (κ1) is 15.6. The number of aromatic nitrogens is 1. The number of ether oxygens (including phenoxy) is 1. The second kappa shape index (κ2) is 7.89. The molecule has 0 radical (unpaired) electrons. The number of pyridine rings is 1. The third-order valence-electron chi connectivity index (χ3n) is 2.62. The van der Waals surface area contributed by atoms with Crippen molar-refractivity contribution in [1.82, 2.24) is 4.98 Å². The Hall–Kier alpha value is -1.43. The molecule has 1 unspecified atom stereocenters. The van der Waals surface area contributed by atoms with Gasteiger partial charge in [-0.3, -0.25) is 0 Å². The van der Waals surface area contributed by atoms with Gasteiger partial charge in [-0.25, -0.2) is 13.8 Å². The lowest BCUT2D eigenvalue weighted by atomic mass is 10.2. The molecule has 0 amide bonds. The van der Waals surface area contributed by atoms with Crippen LogP contribution in [0.5, 0.6) is 0 Å². The molecule has 2 N–H and O–H groups in total. The van der Waals surface area contributed by atoms with E-state index in [1.807, 2.05) is 13.8 Å². The van der Waals surface area contributed by atoms with E-state index in [-0.39, 0.29) is 17.7 Å². The van der Waals surface area contributed by atoms with Crippen LogP contribution >= 0.6 is 0 Å². The molecule has 1 aromatic heterocycles. The number of hydrogen-bond acceptors (Lipinski definition) is 4. The predicted octanol–water partition coefficient (Wildman–Crippen LogP) is 3.02. The van der Waals surface area contributed by atoms with Crippen LogP contribution in [-0.4, -0.2) is 31.3 Å². The first-order chi connectivity index (χ1) is 9.12. The van der Waals surface area contributed by atoms with Crippen LogP contribution in [0.25, 0.3) is 0 Å². The molecule has 1 aromatic rings. The van der Waals surface area contributed by atoms with Crippen LogP contribution in [0.4, 0.5) is 20.4 Å². The molecule has 0 aliphatic rings. The van der Waals surface area contributed by atoms with Gasteiger partial charge in [0, 0.05) is 19.7 Å². The molecule has 0 aliphatic heterocycles. The minimum absolute atomic E-state index is 0.0445. The summed E-state index contributed by atoms with van der Waals surface area (Å²) < 4.78 is 32.2. The first-order valence-electron chi connectivity index (χ1n) is 6.47. The number of halogens is 2. The Bertz CT molecular complexity index is 396. The molecule has 1 rings (SSSR count). The molecule has 1 heterocycles. The SMILES string of the molecule is CCCC(COC)Nc1nc(NCC)c(F)cc1F. The summed E-state index contributed by atoms with van der Waals surface area (Å²) in [6.07, 6.45) is 1.76. The molecule has 0 spiro atoms. The molecule has 0 aromatic carbocycles. The van der Waals surface area contributed by atoms with Gasteiger partial charge < -0.3 is 15.4 Å². The zero-order valence-electron chi connectivity index (χ0n) is 11.6. The van der Waals surface area contributed by atoms with Gasteiger partial charge in [-0.05, 0) is 13.3 Å². The molecule has 0 aliphatic carbocycles. The van der Waals surface area contributed by atoms with E-state index in [0.29, 0.717) is 13.2 Å². The summed E-state index contributed by atoms with van der Waals surface area (Å²) in [6.45, 7) is 4.82. The van der Waals surface area contributed by atoms with Crippen LogP contribution in [0, 0.1) is 11.6 Å². The van der Waals surface area contributed by atoms with Crippen molar-refractivity contribution < 1.29 is 13.5 Å². The topological polar surface area (TPSA) is 46.2 Å². The van der Waals surface area contributed by atoms with Crippen LogP contribution in [-0.2, 0) is 4.74 Å². The van der Waals surface area contributed by atoms with E-state index in [0.717, 1.165) is 18.9 Å². The summed E-state index contributed by atoms with van der Waals surface area (Å²) >= 11 is 0. The summed E-state index contributed by atoms with van der Waals surface area (Å²) in [5.74, 6) is -1.29. The number of hydrogen-bond donors (Lipinski definition) is 2. The minimum Gasteiger partial charge on any atom is -0.383 e. The molecule has 0 fully saturated rings. The fourth-order valence-corrected chi connectivity index (χ4v) is 1.80. The highest BCUT2D eigenvalue weighted by Crippen LogP contribution is 2.20. The quantitative estimate of drug-likeness (QED) is 0.764. The molecule has 6 heteroatoms. The Balaban J connectivity index is 2.88. The average Bonchev–Trinajstić information content (AvgIpc) is 2.36. The van der Waals surface area contributed by atoms with Crippen molar-refractivity contribution in [2.24, 2.45) is 0 Å². The van der Waals surface area contributed by atoms with E-state index >= 15 is 0 Å². The van der Waals surface area contributed by atoms with Gasteiger partial charge in [-0.2, -0.15) is 0 Å². The number of rotatable bonds is 8. The van der Waals surface area contributed by atoms with Crippen LogP contribution in [0.3, 0.4) is 0 Å². The second-order valence-corrected chi connectivity index (χ2v) is 4.26. The maximum absolute atomic E-state index is 13.7. The zero-order chi connectivity index (χ0) is 14.3. The van der Waals surface area contributed by atoms with Crippen molar-refractivity contribution in [2.45, 2.75) is 32.7 Å². The normalized spacial score (nSPS) is 12.3. The Morgan fingerprint density at radius 3 is 2.53 bits per heavy atom. The van der Waals surface area contributed by atoms with Gasteiger partial charge in [-0.15, -0.1) is 0 Å². The van der Waals surface area contributed by atoms with Gasteiger partial charge in [-0.1, -0.05) is 13.3 Å². The van der Waals surface area contributed by atoms with E-state index < -0.39 is 11.6 Å². The molecule has 19 heavy (non-hydrogen) atoms. The molecule has 0 saturated heterocycles. The minimum atomic E-state index is -0.698. The first-order valence-corrected chi connectivity index (χ1v) is 6.47. The highest BCUT2D eigenvalue weighted by atomic mass is 19.1. The molecule has 0 saturated carbocycles. The molecule has 108 valence electrons. The monoisotopic (exact) mass is 273 g/mol. The second-order valence-electron chi connectivity index (χ2n) is 4.26. The highest BCUT2D eigenvalue weighted by Gasteiger charge is 2.15. The molecule has 1 atom stereocenters. The third-order valence-corrected chi connectivity index (χ3v) is 2.62. The largest absolute Gasteiger partial charge is 0.383 e. The van der Waals surface area contributed by atoms with Crippen molar-refractivity contribution in [1.29, 1.82) is 0 Å². The lowest BCUT2D eigenvalue weighted by Crippen LogP contribution is -2.26. The summed E-state index contributed by atoms with van der Waals surface area (Å²) in [4.78, 5) is 3.94. The fraction of sp³-hybridized carbons (Fsp3) is 0.615. The van der Waals surface area contributed by atoms with E-state index in [4.69, 9.17) is 4.74 Å². The number of nitrogens with zero attached hydrogens (tertiary/aromatic N) is 1. The van der Waals surface area contributed by atoms with E-state index in [9.17, 15) is 8.78 Å². The van der Waals surface area contributed by atoms with Gasteiger partial charge >= 0.3 is 0 Å². The summed E-state index contributed by atoms with van der Waals surface area (Å²) in [5, 5.41) is 5.71. The van der Waals surface area contributed by atoms with Crippen molar-refractivity contribution in [3.05, 3.63) is 17.7 Å². The summed E-state index contributed by atoms with van der Waals surface area (Å²) in [7, 11) is 1.59. The van der Waals surface area contributed by atoms with Crippen LogP contribution in [0.1, 0.15) is 26.7 Å². The van der Waals surface area contributed by atoms with Crippen molar-refractivity contribution in [3.63, 3.8) is 0 Å². The van der Waals surface area contributed by atoms with Crippen LogP contribution in [0.15, 0.2) is 6.07 Å². The maximum atomic E-state index is 13.7. The zero-order valence-corrected chi connectivity index (χ0v) is 11.6. The van der Waals surface area contributed by atoms with Gasteiger partial charge in [0.05, 0.1) is 12.6 Å². The van der Waals surface area contributed by atoms with E-state index in [2.05, 4.69) is 15.6 Å². The fourth-order valence-electron chi connectivity index (χ4n) is 1.80. The average molecular weight is 273 g/mol. The van der Waals surface area contributed by atoms with Crippen molar-refractivity contribution >= 4 is 11.6 Å². The lowest BCUT2D eigenvalue weighted by Gasteiger charge is -2.19. The van der Waals surface area contributed by atoms with E-state index in [1.54, 1.807) is 7.11 Å².